The lowest BCUT2D eigenvalue weighted by molar-refractivity contribution is -0.181. The Labute approximate surface area is 123 Å². The van der Waals surface area contributed by atoms with Crippen LogP contribution < -0.4 is 5.73 Å². The molecule has 0 aromatic heterocycles. The summed E-state index contributed by atoms with van der Waals surface area (Å²) in [6, 6.07) is 0. The predicted octanol–water partition coefficient (Wildman–Crippen LogP) is 2.02. The first-order valence-electron chi connectivity index (χ1n) is 7.94. The van der Waals surface area contributed by atoms with E-state index in [9.17, 15) is 4.79 Å². The molecule has 1 heterocycles. The molecule has 4 heteroatoms. The van der Waals surface area contributed by atoms with Gasteiger partial charge in [-0.2, -0.15) is 0 Å². The molecule has 0 radical (unpaired) electrons. The highest BCUT2D eigenvalue weighted by Gasteiger charge is 2.63. The molecule has 2 rings (SSSR count). The van der Waals surface area contributed by atoms with Crippen LogP contribution in [0.4, 0.5) is 0 Å². The van der Waals surface area contributed by atoms with Crippen LogP contribution in [-0.2, 0) is 9.53 Å². The van der Waals surface area contributed by atoms with Gasteiger partial charge in [-0.25, -0.2) is 0 Å². The summed E-state index contributed by atoms with van der Waals surface area (Å²) in [6.07, 6.45) is 1.83. The van der Waals surface area contributed by atoms with Crippen LogP contribution in [0.15, 0.2) is 0 Å². The predicted molar refractivity (Wildman–Crippen MR) is 80.3 cm³/mol. The lowest BCUT2D eigenvalue weighted by Crippen LogP contribution is -2.76. The molecule has 0 aromatic rings. The maximum Gasteiger partial charge on any atom is 0.243 e. The van der Waals surface area contributed by atoms with Crippen LogP contribution in [0.3, 0.4) is 0 Å². The van der Waals surface area contributed by atoms with Gasteiger partial charge in [-0.1, -0.05) is 27.7 Å². The average molecular weight is 282 g/mol. The zero-order chi connectivity index (χ0) is 15.1. The molecule has 20 heavy (non-hydrogen) atoms. The van der Waals surface area contributed by atoms with Gasteiger partial charge in [0.15, 0.2) is 0 Å². The van der Waals surface area contributed by atoms with E-state index in [2.05, 4.69) is 27.7 Å². The molecule has 4 unspecified atom stereocenters. The highest BCUT2D eigenvalue weighted by Crippen LogP contribution is 2.50. The minimum atomic E-state index is -0.757. The van der Waals surface area contributed by atoms with Gasteiger partial charge >= 0.3 is 0 Å². The molecule has 2 fully saturated rings. The fraction of sp³-hybridized carbons (Fsp3) is 0.938. The van der Waals surface area contributed by atoms with Crippen molar-refractivity contribution in [1.29, 1.82) is 0 Å². The summed E-state index contributed by atoms with van der Waals surface area (Å²) >= 11 is 0. The first-order chi connectivity index (χ1) is 9.24. The maximum atomic E-state index is 12.9. The van der Waals surface area contributed by atoms with Crippen molar-refractivity contribution in [3.63, 3.8) is 0 Å². The number of hydrogen-bond acceptors (Lipinski definition) is 3. The number of nitrogens with two attached hydrogens (primary N) is 1. The minimum absolute atomic E-state index is 0.0996. The Hall–Kier alpha value is -0.610. The Bertz CT molecular complexity index is 383. The van der Waals surface area contributed by atoms with Crippen molar-refractivity contribution in [3.8, 4) is 0 Å². The van der Waals surface area contributed by atoms with Crippen molar-refractivity contribution in [2.24, 2.45) is 23.0 Å². The normalized spacial score (nSPS) is 40.3. The van der Waals surface area contributed by atoms with Gasteiger partial charge in [0.05, 0.1) is 6.10 Å². The van der Waals surface area contributed by atoms with E-state index in [1.165, 1.54) is 0 Å². The van der Waals surface area contributed by atoms with Gasteiger partial charge in [-0.15, -0.1) is 0 Å². The first-order valence-corrected chi connectivity index (χ1v) is 7.94. The van der Waals surface area contributed by atoms with Crippen LogP contribution in [0.2, 0.25) is 0 Å². The number of carbonyl (C=O) groups is 1. The molecule has 0 bridgehead atoms. The molecule has 1 amide bonds. The summed E-state index contributed by atoms with van der Waals surface area (Å²) in [5, 5.41) is 0. The quantitative estimate of drug-likeness (QED) is 0.861. The van der Waals surface area contributed by atoms with Gasteiger partial charge in [0, 0.05) is 31.5 Å². The highest BCUT2D eigenvalue weighted by atomic mass is 16.5. The zero-order valence-electron chi connectivity index (χ0n) is 13.6. The summed E-state index contributed by atoms with van der Waals surface area (Å²) < 4.78 is 5.71. The molecule has 1 saturated heterocycles. The topological polar surface area (TPSA) is 55.6 Å². The lowest BCUT2D eigenvalue weighted by Gasteiger charge is -2.59. The van der Waals surface area contributed by atoms with Gasteiger partial charge in [0.1, 0.15) is 5.54 Å². The molecular formula is C16H30N2O2. The largest absolute Gasteiger partial charge is 0.378 e. The van der Waals surface area contributed by atoms with Gasteiger partial charge in [0.25, 0.3) is 0 Å². The molecule has 1 aliphatic carbocycles. The van der Waals surface area contributed by atoms with Crippen molar-refractivity contribution < 1.29 is 9.53 Å². The number of hydrogen-bond donors (Lipinski definition) is 1. The zero-order valence-corrected chi connectivity index (χ0v) is 13.6. The fourth-order valence-corrected chi connectivity index (χ4v) is 3.53. The monoisotopic (exact) mass is 282 g/mol. The van der Waals surface area contributed by atoms with Crippen molar-refractivity contribution in [3.05, 3.63) is 0 Å². The number of rotatable bonds is 3. The number of likely N-dealkylation sites (tertiary alicyclic amines) is 1. The summed E-state index contributed by atoms with van der Waals surface area (Å²) in [5.41, 5.74) is 5.44. The number of amides is 1. The SMILES string of the molecule is CCOC1CC(N)(C(=O)N2CCC(C)C(C)C2)C1(C)C. The minimum Gasteiger partial charge on any atom is -0.378 e. The molecular weight excluding hydrogens is 252 g/mol. The molecule has 4 nitrogen and oxygen atoms in total. The summed E-state index contributed by atoms with van der Waals surface area (Å²) in [7, 11) is 0. The summed E-state index contributed by atoms with van der Waals surface area (Å²) in [6.45, 7) is 13.0. The second-order valence-electron chi connectivity index (χ2n) is 7.34. The van der Waals surface area contributed by atoms with Gasteiger partial charge in [-0.05, 0) is 25.2 Å². The molecule has 4 atom stereocenters. The van der Waals surface area contributed by atoms with Crippen molar-refractivity contribution in [1.82, 2.24) is 4.90 Å². The van der Waals surface area contributed by atoms with E-state index in [0.29, 0.717) is 24.9 Å². The molecule has 2 N–H and O–H groups in total. The molecule has 0 aromatic carbocycles. The molecule has 2 aliphatic rings. The summed E-state index contributed by atoms with van der Waals surface area (Å²) in [4.78, 5) is 14.8. The lowest BCUT2D eigenvalue weighted by atomic mass is 9.54. The Morgan fingerprint density at radius 2 is 2.00 bits per heavy atom. The van der Waals surface area contributed by atoms with Gasteiger partial charge < -0.3 is 15.4 Å². The van der Waals surface area contributed by atoms with Crippen LogP contribution in [0.1, 0.15) is 47.5 Å². The molecule has 1 saturated carbocycles. The van der Waals surface area contributed by atoms with E-state index in [-0.39, 0.29) is 17.4 Å². The van der Waals surface area contributed by atoms with E-state index >= 15 is 0 Å². The number of nitrogens with zero attached hydrogens (tertiary/aromatic N) is 1. The number of piperidine rings is 1. The third-order valence-electron chi connectivity index (χ3n) is 5.83. The standard InChI is InChI=1S/C16H30N2O2/c1-6-20-13-9-16(17,15(13,4)5)14(19)18-8-7-11(2)12(3)10-18/h11-13H,6-10,17H2,1-5H3. The Morgan fingerprint density at radius 1 is 1.35 bits per heavy atom. The van der Waals surface area contributed by atoms with E-state index < -0.39 is 5.54 Å². The Morgan fingerprint density at radius 3 is 2.50 bits per heavy atom. The molecule has 0 spiro atoms. The van der Waals surface area contributed by atoms with Gasteiger partial charge in [0.2, 0.25) is 5.91 Å². The van der Waals surface area contributed by atoms with E-state index in [4.69, 9.17) is 10.5 Å². The van der Waals surface area contributed by atoms with Crippen molar-refractivity contribution in [2.75, 3.05) is 19.7 Å². The van der Waals surface area contributed by atoms with E-state index in [1.807, 2.05) is 11.8 Å². The van der Waals surface area contributed by atoms with Crippen LogP contribution in [0.5, 0.6) is 0 Å². The van der Waals surface area contributed by atoms with Crippen molar-refractivity contribution in [2.45, 2.75) is 59.1 Å². The molecule has 116 valence electrons. The smallest absolute Gasteiger partial charge is 0.243 e. The number of ether oxygens (including phenoxy) is 1. The number of carbonyl (C=O) groups excluding carboxylic acids is 1. The Kier molecular flexibility index (Phi) is 4.18. The van der Waals surface area contributed by atoms with Crippen LogP contribution in [0, 0.1) is 17.3 Å². The van der Waals surface area contributed by atoms with Crippen LogP contribution in [-0.4, -0.2) is 42.1 Å². The second-order valence-corrected chi connectivity index (χ2v) is 7.34. The average Bonchev–Trinajstić information content (AvgIpc) is 2.40. The van der Waals surface area contributed by atoms with Crippen LogP contribution >= 0.6 is 0 Å². The third kappa shape index (κ3) is 2.27. The summed E-state index contributed by atoms with van der Waals surface area (Å²) in [5.74, 6) is 1.37. The van der Waals surface area contributed by atoms with Gasteiger partial charge in [-0.3, -0.25) is 4.79 Å². The highest BCUT2D eigenvalue weighted by molar-refractivity contribution is 5.89. The van der Waals surface area contributed by atoms with E-state index in [1.54, 1.807) is 0 Å². The first kappa shape index (κ1) is 15.8. The third-order valence-corrected chi connectivity index (χ3v) is 5.83. The Balaban J connectivity index is 2.06. The second kappa shape index (κ2) is 5.30. The maximum absolute atomic E-state index is 12.9. The fourth-order valence-electron chi connectivity index (χ4n) is 3.53. The van der Waals surface area contributed by atoms with E-state index in [0.717, 1.165) is 19.5 Å². The van der Waals surface area contributed by atoms with Crippen LogP contribution in [0.25, 0.3) is 0 Å². The van der Waals surface area contributed by atoms with Crippen molar-refractivity contribution >= 4 is 5.91 Å². The molecule has 1 aliphatic heterocycles.